The second kappa shape index (κ2) is 4.38. The molecule has 2 nitrogen and oxygen atoms in total. The van der Waals surface area contributed by atoms with Crippen LogP contribution in [0.5, 0.6) is 0 Å². The average molecular weight is 191 g/mol. The van der Waals surface area contributed by atoms with Gasteiger partial charge in [-0.05, 0) is 38.9 Å². The van der Waals surface area contributed by atoms with Gasteiger partial charge in [0.15, 0.2) is 5.78 Å². The Labute approximate surface area is 85.3 Å². The van der Waals surface area contributed by atoms with Crippen molar-refractivity contribution in [2.45, 2.75) is 26.8 Å². The van der Waals surface area contributed by atoms with E-state index in [1.807, 2.05) is 20.9 Å². The lowest BCUT2D eigenvalue weighted by molar-refractivity contribution is -0.119. The van der Waals surface area contributed by atoms with Gasteiger partial charge in [0.05, 0.1) is 6.04 Å². The molecule has 76 valence electrons. The largest absolute Gasteiger partial charge is 0.307 e. The van der Waals surface area contributed by atoms with E-state index in [2.05, 4.69) is 23.5 Å². The molecule has 2 heteroatoms. The number of hydrogen-bond donors (Lipinski definition) is 1. The van der Waals surface area contributed by atoms with Crippen LogP contribution in [0.1, 0.15) is 29.7 Å². The van der Waals surface area contributed by atoms with Gasteiger partial charge in [0, 0.05) is 0 Å². The summed E-state index contributed by atoms with van der Waals surface area (Å²) in [7, 11) is 1.81. The molecule has 1 aromatic carbocycles. The minimum atomic E-state index is -0.171. The number of hydrogen-bond acceptors (Lipinski definition) is 2. The number of benzene rings is 1. The molecule has 1 unspecified atom stereocenters. The molecule has 0 saturated carbocycles. The van der Waals surface area contributed by atoms with E-state index in [1.165, 1.54) is 5.56 Å². The molecule has 1 rings (SSSR count). The molecule has 0 saturated heterocycles. The third-order valence-electron chi connectivity index (χ3n) is 2.44. The molecule has 0 amide bonds. The third kappa shape index (κ3) is 2.20. The van der Waals surface area contributed by atoms with Crippen molar-refractivity contribution in [3.8, 4) is 0 Å². The Morgan fingerprint density at radius 1 is 1.36 bits per heavy atom. The van der Waals surface area contributed by atoms with E-state index >= 15 is 0 Å². The van der Waals surface area contributed by atoms with Gasteiger partial charge in [-0.15, -0.1) is 0 Å². The van der Waals surface area contributed by atoms with E-state index in [9.17, 15) is 4.79 Å². The Bertz CT molecular complexity index is 344. The summed E-state index contributed by atoms with van der Waals surface area (Å²) in [5.74, 6) is 0.154. The quantitative estimate of drug-likeness (QED) is 0.793. The van der Waals surface area contributed by atoms with E-state index in [0.717, 1.165) is 11.1 Å². The zero-order valence-electron chi connectivity index (χ0n) is 9.22. The summed E-state index contributed by atoms with van der Waals surface area (Å²) in [4.78, 5) is 11.4. The number of carbonyl (C=O) groups excluding carboxylic acids is 1. The second-order valence-corrected chi connectivity index (χ2v) is 3.69. The van der Waals surface area contributed by atoms with Crippen molar-refractivity contribution in [2.24, 2.45) is 0 Å². The highest BCUT2D eigenvalue weighted by molar-refractivity contribution is 5.83. The number of nitrogens with one attached hydrogen (secondary N) is 1. The van der Waals surface area contributed by atoms with Crippen molar-refractivity contribution in [2.75, 3.05) is 7.05 Å². The monoisotopic (exact) mass is 191 g/mol. The number of rotatable bonds is 3. The lowest BCUT2D eigenvalue weighted by Crippen LogP contribution is -2.24. The minimum absolute atomic E-state index is 0.154. The predicted octanol–water partition coefficient (Wildman–Crippen LogP) is 2.15. The average Bonchev–Trinajstić information content (AvgIpc) is 2.11. The van der Waals surface area contributed by atoms with Crippen LogP contribution in [0.25, 0.3) is 0 Å². The maximum absolute atomic E-state index is 11.4. The number of aryl methyl sites for hydroxylation is 2. The van der Waals surface area contributed by atoms with Crippen molar-refractivity contribution in [1.82, 2.24) is 5.32 Å². The van der Waals surface area contributed by atoms with Gasteiger partial charge >= 0.3 is 0 Å². The topological polar surface area (TPSA) is 29.1 Å². The Kier molecular flexibility index (Phi) is 3.42. The minimum Gasteiger partial charge on any atom is -0.307 e. The molecule has 0 heterocycles. The lowest BCUT2D eigenvalue weighted by Gasteiger charge is -2.16. The molecule has 1 N–H and O–H groups in total. The Hall–Kier alpha value is -1.15. The van der Waals surface area contributed by atoms with Gasteiger partial charge < -0.3 is 5.32 Å². The molecule has 0 fully saturated rings. The molecule has 0 aliphatic rings. The smallest absolute Gasteiger partial charge is 0.151 e. The molecular formula is C12H17NO. The predicted molar refractivity (Wildman–Crippen MR) is 58.4 cm³/mol. The van der Waals surface area contributed by atoms with Crippen LogP contribution in [0.4, 0.5) is 0 Å². The fraction of sp³-hybridized carbons (Fsp3) is 0.417. The molecule has 0 aromatic heterocycles. The van der Waals surface area contributed by atoms with Gasteiger partial charge in [0.1, 0.15) is 0 Å². The highest BCUT2D eigenvalue weighted by atomic mass is 16.1. The first-order chi connectivity index (χ1) is 6.56. The summed E-state index contributed by atoms with van der Waals surface area (Å²) in [6.07, 6.45) is 0. The van der Waals surface area contributed by atoms with Gasteiger partial charge in [0.25, 0.3) is 0 Å². The van der Waals surface area contributed by atoms with Crippen LogP contribution in [0.3, 0.4) is 0 Å². The van der Waals surface area contributed by atoms with Gasteiger partial charge in [-0.1, -0.05) is 23.8 Å². The molecule has 0 spiro atoms. The first kappa shape index (κ1) is 10.9. The van der Waals surface area contributed by atoms with Crippen molar-refractivity contribution in [3.63, 3.8) is 0 Å². The highest BCUT2D eigenvalue weighted by Gasteiger charge is 2.15. The summed E-state index contributed by atoms with van der Waals surface area (Å²) in [6.45, 7) is 5.68. The number of Topliss-reactive ketones (excluding diaryl/α,β-unsaturated/α-hetero) is 1. The molecule has 1 aromatic rings. The molecular weight excluding hydrogens is 174 g/mol. The van der Waals surface area contributed by atoms with Crippen LogP contribution in [-0.4, -0.2) is 12.8 Å². The maximum Gasteiger partial charge on any atom is 0.151 e. The molecule has 0 aliphatic carbocycles. The van der Waals surface area contributed by atoms with Crippen LogP contribution in [0.15, 0.2) is 18.2 Å². The number of ketones is 1. The Morgan fingerprint density at radius 3 is 2.50 bits per heavy atom. The SMILES string of the molecule is CNC(C(C)=O)c1cc(C)ccc1C. The molecule has 1 atom stereocenters. The summed E-state index contributed by atoms with van der Waals surface area (Å²) in [6, 6.07) is 6.01. The molecule has 0 aliphatic heterocycles. The van der Waals surface area contributed by atoms with Crippen LogP contribution < -0.4 is 5.32 Å². The molecule has 14 heavy (non-hydrogen) atoms. The first-order valence-corrected chi connectivity index (χ1v) is 4.81. The fourth-order valence-electron chi connectivity index (χ4n) is 1.65. The van der Waals surface area contributed by atoms with Crippen LogP contribution in [0, 0.1) is 13.8 Å². The standard InChI is InChI=1S/C12H17NO/c1-8-5-6-9(2)11(7-8)12(13-4)10(3)14/h5-7,12-13H,1-4H3. The summed E-state index contributed by atoms with van der Waals surface area (Å²) in [5, 5.41) is 3.04. The lowest BCUT2D eigenvalue weighted by atomic mass is 9.97. The van der Waals surface area contributed by atoms with E-state index in [1.54, 1.807) is 6.92 Å². The summed E-state index contributed by atoms with van der Waals surface area (Å²) >= 11 is 0. The summed E-state index contributed by atoms with van der Waals surface area (Å²) in [5.41, 5.74) is 3.43. The highest BCUT2D eigenvalue weighted by Crippen LogP contribution is 2.19. The Morgan fingerprint density at radius 2 is 2.00 bits per heavy atom. The van der Waals surface area contributed by atoms with E-state index in [4.69, 9.17) is 0 Å². The Balaban J connectivity index is 3.15. The van der Waals surface area contributed by atoms with Crippen LogP contribution >= 0.6 is 0 Å². The van der Waals surface area contributed by atoms with Crippen LogP contribution in [-0.2, 0) is 4.79 Å². The van der Waals surface area contributed by atoms with Crippen molar-refractivity contribution in [1.29, 1.82) is 0 Å². The van der Waals surface area contributed by atoms with E-state index in [-0.39, 0.29) is 11.8 Å². The zero-order chi connectivity index (χ0) is 10.7. The van der Waals surface area contributed by atoms with Gasteiger partial charge in [-0.25, -0.2) is 0 Å². The van der Waals surface area contributed by atoms with Crippen molar-refractivity contribution >= 4 is 5.78 Å². The molecule has 0 bridgehead atoms. The zero-order valence-corrected chi connectivity index (χ0v) is 9.22. The fourth-order valence-corrected chi connectivity index (χ4v) is 1.65. The molecule has 0 radical (unpaired) electrons. The second-order valence-electron chi connectivity index (χ2n) is 3.69. The van der Waals surface area contributed by atoms with Gasteiger partial charge in [-0.2, -0.15) is 0 Å². The maximum atomic E-state index is 11.4. The first-order valence-electron chi connectivity index (χ1n) is 4.81. The van der Waals surface area contributed by atoms with Gasteiger partial charge in [0.2, 0.25) is 0 Å². The summed E-state index contributed by atoms with van der Waals surface area (Å²) < 4.78 is 0. The van der Waals surface area contributed by atoms with Crippen molar-refractivity contribution < 1.29 is 4.79 Å². The van der Waals surface area contributed by atoms with Crippen molar-refractivity contribution in [3.05, 3.63) is 34.9 Å². The van der Waals surface area contributed by atoms with E-state index in [0.29, 0.717) is 0 Å². The van der Waals surface area contributed by atoms with Gasteiger partial charge in [-0.3, -0.25) is 4.79 Å². The van der Waals surface area contributed by atoms with Crippen LogP contribution in [0.2, 0.25) is 0 Å². The number of likely N-dealkylation sites (N-methyl/N-ethyl adjacent to an activating group) is 1. The van der Waals surface area contributed by atoms with E-state index < -0.39 is 0 Å². The number of carbonyl (C=O) groups is 1. The third-order valence-corrected chi connectivity index (χ3v) is 2.44. The normalized spacial score (nSPS) is 12.6.